The van der Waals surface area contributed by atoms with Crippen LogP contribution < -0.4 is 0 Å². The van der Waals surface area contributed by atoms with Crippen LogP contribution in [-0.4, -0.2) is 16.3 Å². The lowest BCUT2D eigenvalue weighted by Gasteiger charge is -2.20. The Bertz CT molecular complexity index is 566. The maximum Gasteiger partial charge on any atom is 0.159 e. The quantitative estimate of drug-likeness (QED) is 0.755. The summed E-state index contributed by atoms with van der Waals surface area (Å²) in [6.07, 6.45) is 5.82. The van der Waals surface area contributed by atoms with Crippen LogP contribution in [0, 0.1) is 0 Å². The van der Waals surface area contributed by atoms with Crippen molar-refractivity contribution in [2.75, 3.05) is 0 Å². The molecular weight excluding hydrogens is 224 g/mol. The number of rotatable bonds is 2. The van der Waals surface area contributed by atoms with Crippen LogP contribution in [-0.2, 0) is 11.2 Å². The molecule has 1 atom stereocenters. The Balaban J connectivity index is 2.07. The molecule has 1 unspecified atom stereocenters. The second-order valence-electron chi connectivity index (χ2n) is 4.60. The van der Waals surface area contributed by atoms with Gasteiger partial charge in [-0.05, 0) is 24.8 Å². The summed E-state index contributed by atoms with van der Waals surface area (Å²) in [5.74, 6) is 0.655. The summed E-state index contributed by atoms with van der Waals surface area (Å²) in [4.78, 5) is 20.1. The number of aryl methyl sites for hydroxylation is 1. The van der Waals surface area contributed by atoms with Gasteiger partial charge in [-0.25, -0.2) is 9.97 Å². The Morgan fingerprint density at radius 3 is 2.83 bits per heavy atom. The van der Waals surface area contributed by atoms with Gasteiger partial charge in [0, 0.05) is 11.8 Å². The van der Waals surface area contributed by atoms with Gasteiger partial charge < -0.3 is 4.79 Å². The Morgan fingerprint density at radius 2 is 2.06 bits per heavy atom. The molecule has 0 bridgehead atoms. The van der Waals surface area contributed by atoms with Gasteiger partial charge in [0.15, 0.2) is 5.82 Å². The van der Waals surface area contributed by atoms with E-state index in [2.05, 4.69) is 9.97 Å². The van der Waals surface area contributed by atoms with Crippen LogP contribution in [0.3, 0.4) is 0 Å². The Labute approximate surface area is 106 Å². The number of carbonyl (C=O) groups is 1. The highest BCUT2D eigenvalue weighted by atomic mass is 16.1. The molecule has 0 spiro atoms. The van der Waals surface area contributed by atoms with Crippen LogP contribution in [0.2, 0.25) is 0 Å². The number of aromatic nitrogens is 2. The second kappa shape index (κ2) is 4.69. The normalized spacial score (nSPS) is 18.1. The van der Waals surface area contributed by atoms with Gasteiger partial charge in [-0.3, -0.25) is 0 Å². The van der Waals surface area contributed by atoms with Crippen LogP contribution in [0.15, 0.2) is 36.5 Å². The Morgan fingerprint density at radius 1 is 1.22 bits per heavy atom. The van der Waals surface area contributed by atoms with Crippen LogP contribution >= 0.6 is 0 Å². The topological polar surface area (TPSA) is 42.9 Å². The van der Waals surface area contributed by atoms with Gasteiger partial charge in [-0.15, -0.1) is 0 Å². The van der Waals surface area contributed by atoms with E-state index in [0.29, 0.717) is 5.82 Å². The summed E-state index contributed by atoms with van der Waals surface area (Å²) in [6.45, 7) is 0. The van der Waals surface area contributed by atoms with Crippen molar-refractivity contribution in [3.8, 4) is 11.4 Å². The molecule has 90 valence electrons. The van der Waals surface area contributed by atoms with E-state index in [1.54, 1.807) is 0 Å². The summed E-state index contributed by atoms with van der Waals surface area (Å²) in [5, 5.41) is 0. The third kappa shape index (κ3) is 1.92. The van der Waals surface area contributed by atoms with Gasteiger partial charge in [0.2, 0.25) is 0 Å². The lowest BCUT2D eigenvalue weighted by Crippen LogP contribution is -2.14. The number of aldehydes is 1. The largest absolute Gasteiger partial charge is 0.303 e. The second-order valence-corrected chi connectivity index (χ2v) is 4.60. The zero-order chi connectivity index (χ0) is 12.4. The highest BCUT2D eigenvalue weighted by molar-refractivity contribution is 5.64. The predicted octanol–water partition coefficient (Wildman–Crippen LogP) is 2.76. The van der Waals surface area contributed by atoms with E-state index >= 15 is 0 Å². The fourth-order valence-corrected chi connectivity index (χ4v) is 2.44. The first-order valence-electron chi connectivity index (χ1n) is 6.25. The molecule has 2 aromatic rings. The Hall–Kier alpha value is -2.03. The van der Waals surface area contributed by atoms with Gasteiger partial charge in [0.05, 0.1) is 11.6 Å². The molecule has 0 radical (unpaired) electrons. The summed E-state index contributed by atoms with van der Waals surface area (Å²) in [6, 6.07) is 9.88. The predicted molar refractivity (Wildman–Crippen MR) is 69.2 cm³/mol. The number of hydrogen-bond donors (Lipinski definition) is 0. The highest BCUT2D eigenvalue weighted by Crippen LogP contribution is 2.29. The first-order valence-corrected chi connectivity index (χ1v) is 6.25. The lowest BCUT2D eigenvalue weighted by atomic mass is 9.88. The molecule has 1 aliphatic rings. The molecule has 3 rings (SSSR count). The Kier molecular flexibility index (Phi) is 2.89. The number of benzene rings is 1. The number of hydrogen-bond acceptors (Lipinski definition) is 3. The maximum absolute atomic E-state index is 11.1. The smallest absolute Gasteiger partial charge is 0.159 e. The van der Waals surface area contributed by atoms with E-state index < -0.39 is 0 Å². The maximum atomic E-state index is 11.1. The van der Waals surface area contributed by atoms with Crippen molar-refractivity contribution >= 4 is 6.29 Å². The summed E-state index contributed by atoms with van der Waals surface area (Å²) >= 11 is 0. The molecule has 3 nitrogen and oxygen atoms in total. The number of nitrogens with zero attached hydrogens (tertiary/aromatic N) is 2. The fourth-order valence-electron chi connectivity index (χ4n) is 2.44. The molecule has 3 heteroatoms. The molecule has 0 fully saturated rings. The van der Waals surface area contributed by atoms with Crippen LogP contribution in [0.5, 0.6) is 0 Å². The van der Waals surface area contributed by atoms with E-state index in [1.165, 1.54) is 0 Å². The minimum absolute atomic E-state index is 0.0563. The molecular formula is C15H14N2O. The zero-order valence-electron chi connectivity index (χ0n) is 10.0. The summed E-state index contributed by atoms with van der Waals surface area (Å²) in [5.41, 5.74) is 3.04. The number of carbonyl (C=O) groups excluding carboxylic acids is 1. The van der Waals surface area contributed by atoms with Crippen molar-refractivity contribution < 1.29 is 4.79 Å². The molecule has 18 heavy (non-hydrogen) atoms. The van der Waals surface area contributed by atoms with E-state index in [1.807, 2.05) is 36.5 Å². The zero-order valence-corrected chi connectivity index (χ0v) is 10.0. The summed E-state index contributed by atoms with van der Waals surface area (Å²) < 4.78 is 0. The van der Waals surface area contributed by atoms with Gasteiger partial charge in [-0.2, -0.15) is 0 Å². The van der Waals surface area contributed by atoms with Crippen molar-refractivity contribution in [3.63, 3.8) is 0 Å². The van der Waals surface area contributed by atoms with Crippen molar-refractivity contribution in [2.45, 2.75) is 25.2 Å². The van der Waals surface area contributed by atoms with Gasteiger partial charge >= 0.3 is 0 Å². The van der Waals surface area contributed by atoms with E-state index in [-0.39, 0.29) is 5.92 Å². The van der Waals surface area contributed by atoms with E-state index in [4.69, 9.17) is 0 Å². The third-order valence-corrected chi connectivity index (χ3v) is 3.41. The SMILES string of the molecule is O=CC1CCCc2cnc(-c3ccccc3)nc21. The van der Waals surface area contributed by atoms with E-state index in [9.17, 15) is 4.79 Å². The van der Waals surface area contributed by atoms with E-state index in [0.717, 1.165) is 42.4 Å². The third-order valence-electron chi connectivity index (χ3n) is 3.41. The van der Waals surface area contributed by atoms with Crippen LogP contribution in [0.25, 0.3) is 11.4 Å². The lowest BCUT2D eigenvalue weighted by molar-refractivity contribution is -0.109. The molecule has 1 heterocycles. The first kappa shape index (κ1) is 11.1. The molecule has 0 amide bonds. The molecule has 0 saturated heterocycles. The number of fused-ring (bicyclic) bond motifs is 1. The average molecular weight is 238 g/mol. The van der Waals surface area contributed by atoms with Crippen molar-refractivity contribution in [1.29, 1.82) is 0 Å². The highest BCUT2D eigenvalue weighted by Gasteiger charge is 2.22. The molecule has 0 N–H and O–H groups in total. The van der Waals surface area contributed by atoms with Gasteiger partial charge in [-0.1, -0.05) is 30.3 Å². The summed E-state index contributed by atoms with van der Waals surface area (Å²) in [7, 11) is 0. The van der Waals surface area contributed by atoms with Crippen molar-refractivity contribution in [1.82, 2.24) is 9.97 Å². The minimum Gasteiger partial charge on any atom is -0.303 e. The van der Waals surface area contributed by atoms with Crippen LogP contribution in [0.4, 0.5) is 0 Å². The fraction of sp³-hybridized carbons (Fsp3) is 0.267. The molecule has 1 aromatic heterocycles. The van der Waals surface area contributed by atoms with Crippen molar-refractivity contribution in [3.05, 3.63) is 47.8 Å². The molecule has 0 saturated carbocycles. The van der Waals surface area contributed by atoms with Gasteiger partial charge in [0.1, 0.15) is 6.29 Å². The standard InChI is InChI=1S/C15H14N2O/c18-10-13-8-4-7-12-9-16-15(17-14(12)13)11-5-2-1-3-6-11/h1-3,5-6,9-10,13H,4,7-8H2. The molecule has 0 aliphatic heterocycles. The van der Waals surface area contributed by atoms with Gasteiger partial charge in [0.25, 0.3) is 0 Å². The first-order chi connectivity index (χ1) is 8.88. The minimum atomic E-state index is -0.0563. The average Bonchev–Trinajstić information content (AvgIpc) is 2.47. The molecule has 1 aromatic carbocycles. The monoisotopic (exact) mass is 238 g/mol. The van der Waals surface area contributed by atoms with Crippen LogP contribution in [0.1, 0.15) is 30.0 Å². The molecule has 1 aliphatic carbocycles. The van der Waals surface area contributed by atoms with Crippen molar-refractivity contribution in [2.24, 2.45) is 0 Å².